The summed E-state index contributed by atoms with van der Waals surface area (Å²) >= 11 is 0. The molecule has 0 aromatic rings. The van der Waals surface area contributed by atoms with Gasteiger partial charge in [-0.3, -0.25) is 9.59 Å². The lowest BCUT2D eigenvalue weighted by atomic mass is 9.77. The lowest BCUT2D eigenvalue weighted by molar-refractivity contribution is -0.133. The molecule has 0 heterocycles. The van der Waals surface area contributed by atoms with Gasteiger partial charge in [0.25, 0.3) is 0 Å². The van der Waals surface area contributed by atoms with E-state index in [2.05, 4.69) is 10.6 Å². The number of ketones is 1. The highest BCUT2D eigenvalue weighted by Crippen LogP contribution is 2.29. The van der Waals surface area contributed by atoms with Gasteiger partial charge >= 0.3 is 6.03 Å². The lowest BCUT2D eigenvalue weighted by Crippen LogP contribution is -2.61. The zero-order valence-corrected chi connectivity index (χ0v) is 13.2. The van der Waals surface area contributed by atoms with Gasteiger partial charge in [0.2, 0.25) is 5.91 Å². The molecule has 0 aromatic heterocycles. The lowest BCUT2D eigenvalue weighted by Gasteiger charge is -2.37. The van der Waals surface area contributed by atoms with E-state index < -0.39 is 17.6 Å². The molecule has 7 heteroatoms. The van der Waals surface area contributed by atoms with Crippen LogP contribution in [0, 0.1) is 0 Å². The van der Waals surface area contributed by atoms with Crippen molar-refractivity contribution in [2.24, 2.45) is 11.5 Å². The molecule has 3 amide bonds. The highest BCUT2D eigenvalue weighted by atomic mass is 16.2. The van der Waals surface area contributed by atoms with Crippen molar-refractivity contribution in [1.29, 1.82) is 0 Å². The molecule has 122 valence electrons. The molecule has 0 spiro atoms. The van der Waals surface area contributed by atoms with Crippen LogP contribution in [0.1, 0.15) is 52.9 Å². The van der Waals surface area contributed by atoms with Crippen LogP contribution in [0.25, 0.3) is 0 Å². The molecule has 6 N–H and O–H groups in total. The predicted molar refractivity (Wildman–Crippen MR) is 81.5 cm³/mol. The third-order valence-corrected chi connectivity index (χ3v) is 3.46. The van der Waals surface area contributed by atoms with Crippen molar-refractivity contribution < 1.29 is 14.4 Å². The van der Waals surface area contributed by atoms with Gasteiger partial charge in [-0.1, -0.05) is 13.8 Å². The predicted octanol–water partition coefficient (Wildman–Crippen LogP) is 0.416. The smallest absolute Gasteiger partial charge is 0.312 e. The zero-order chi connectivity index (χ0) is 16.5. The van der Waals surface area contributed by atoms with Crippen LogP contribution in [-0.4, -0.2) is 35.8 Å². The Kier molecular flexibility index (Phi) is 8.61. The Hall–Kier alpha value is -1.63. The number of primary amides is 1. The zero-order valence-electron chi connectivity index (χ0n) is 13.2. The Morgan fingerprint density at radius 2 is 1.81 bits per heavy atom. The van der Waals surface area contributed by atoms with Crippen LogP contribution in [0.15, 0.2) is 0 Å². The third kappa shape index (κ3) is 6.57. The standard InChI is InChI=1S/C12H22N4O3.C2H6/c1-8(17)9(4-2-7-15-11(13)19)16-10(18)12(14)5-3-6-12;1-2/h9H,2-7,14H2,1H3,(H,16,18)(H3,13,15,19);1-2H3. The Morgan fingerprint density at radius 1 is 1.24 bits per heavy atom. The molecule has 1 aliphatic rings. The van der Waals surface area contributed by atoms with Gasteiger partial charge < -0.3 is 22.1 Å². The summed E-state index contributed by atoms with van der Waals surface area (Å²) in [5, 5.41) is 5.13. The summed E-state index contributed by atoms with van der Waals surface area (Å²) < 4.78 is 0. The summed E-state index contributed by atoms with van der Waals surface area (Å²) in [5.74, 6) is -0.378. The van der Waals surface area contributed by atoms with Crippen LogP contribution in [-0.2, 0) is 9.59 Å². The average molecular weight is 300 g/mol. The highest BCUT2D eigenvalue weighted by molar-refractivity contribution is 5.92. The van der Waals surface area contributed by atoms with E-state index in [1.807, 2.05) is 13.8 Å². The van der Waals surface area contributed by atoms with Crippen LogP contribution in [0.4, 0.5) is 4.79 Å². The summed E-state index contributed by atoms with van der Waals surface area (Å²) in [5.41, 5.74) is 10.0. The molecule has 0 radical (unpaired) electrons. The molecule has 1 aliphatic carbocycles. The van der Waals surface area contributed by atoms with Crippen LogP contribution in [0.3, 0.4) is 0 Å². The maximum absolute atomic E-state index is 11.9. The SMILES string of the molecule is CC.CC(=O)C(CCCNC(N)=O)NC(=O)C1(N)CCC1. The van der Waals surface area contributed by atoms with Crippen molar-refractivity contribution in [3.05, 3.63) is 0 Å². The van der Waals surface area contributed by atoms with Crippen LogP contribution in [0.5, 0.6) is 0 Å². The van der Waals surface area contributed by atoms with Crippen molar-refractivity contribution in [1.82, 2.24) is 10.6 Å². The van der Waals surface area contributed by atoms with Gasteiger partial charge in [0.15, 0.2) is 5.78 Å². The molecule has 21 heavy (non-hydrogen) atoms. The summed E-state index contributed by atoms with van der Waals surface area (Å²) in [7, 11) is 0. The number of carbonyl (C=O) groups excluding carboxylic acids is 3. The topological polar surface area (TPSA) is 127 Å². The van der Waals surface area contributed by atoms with Crippen molar-refractivity contribution >= 4 is 17.7 Å². The normalized spacial score (nSPS) is 16.6. The number of rotatable bonds is 7. The second-order valence-electron chi connectivity index (χ2n) is 5.08. The van der Waals surface area contributed by atoms with E-state index in [0.717, 1.165) is 6.42 Å². The number of nitrogens with one attached hydrogen (secondary N) is 2. The Balaban J connectivity index is 0.00000191. The first-order chi connectivity index (χ1) is 9.85. The van der Waals surface area contributed by atoms with Gasteiger partial charge in [-0.25, -0.2) is 4.79 Å². The molecule has 1 atom stereocenters. The summed E-state index contributed by atoms with van der Waals surface area (Å²) in [6.07, 6.45) is 3.28. The molecule has 0 bridgehead atoms. The van der Waals surface area contributed by atoms with Gasteiger partial charge in [0, 0.05) is 6.54 Å². The fraction of sp³-hybridized carbons (Fsp3) is 0.786. The number of amides is 3. The Morgan fingerprint density at radius 3 is 2.19 bits per heavy atom. The minimum Gasteiger partial charge on any atom is -0.352 e. The number of hydrogen-bond donors (Lipinski definition) is 4. The van der Waals surface area contributed by atoms with Crippen molar-refractivity contribution in [3.63, 3.8) is 0 Å². The third-order valence-electron chi connectivity index (χ3n) is 3.46. The largest absolute Gasteiger partial charge is 0.352 e. The minimum absolute atomic E-state index is 0.115. The fourth-order valence-corrected chi connectivity index (χ4v) is 1.98. The molecule has 1 unspecified atom stereocenters. The quantitative estimate of drug-likeness (QED) is 0.508. The van der Waals surface area contributed by atoms with Gasteiger partial charge in [0.1, 0.15) is 0 Å². The Labute approximate surface area is 126 Å². The van der Waals surface area contributed by atoms with Gasteiger partial charge in [-0.05, 0) is 39.0 Å². The highest BCUT2D eigenvalue weighted by Gasteiger charge is 2.41. The van der Waals surface area contributed by atoms with E-state index in [9.17, 15) is 14.4 Å². The van der Waals surface area contributed by atoms with Crippen molar-refractivity contribution in [3.8, 4) is 0 Å². The number of nitrogens with two attached hydrogens (primary N) is 2. The number of carbonyl (C=O) groups is 3. The first kappa shape index (κ1) is 19.4. The van der Waals surface area contributed by atoms with E-state index in [0.29, 0.717) is 32.2 Å². The first-order valence-corrected chi connectivity index (χ1v) is 7.49. The van der Waals surface area contributed by atoms with Gasteiger partial charge in [-0.2, -0.15) is 0 Å². The average Bonchev–Trinajstić information content (AvgIpc) is 2.40. The summed E-state index contributed by atoms with van der Waals surface area (Å²) in [6.45, 7) is 5.80. The molecule has 1 fully saturated rings. The summed E-state index contributed by atoms with van der Waals surface area (Å²) in [4.78, 5) is 33.9. The van der Waals surface area contributed by atoms with E-state index in [1.165, 1.54) is 6.92 Å². The van der Waals surface area contributed by atoms with Gasteiger partial charge in [0.05, 0.1) is 11.6 Å². The molecule has 7 nitrogen and oxygen atoms in total. The Bertz CT molecular complexity index is 367. The van der Waals surface area contributed by atoms with E-state index >= 15 is 0 Å². The number of hydrogen-bond acceptors (Lipinski definition) is 4. The second-order valence-corrected chi connectivity index (χ2v) is 5.08. The fourth-order valence-electron chi connectivity index (χ4n) is 1.98. The molecular weight excluding hydrogens is 272 g/mol. The van der Waals surface area contributed by atoms with Crippen LogP contribution < -0.4 is 22.1 Å². The number of urea groups is 1. The van der Waals surface area contributed by atoms with Crippen LogP contribution >= 0.6 is 0 Å². The summed E-state index contributed by atoms with van der Waals surface area (Å²) in [6, 6.07) is -1.15. The maximum atomic E-state index is 11.9. The minimum atomic E-state index is -0.806. The second kappa shape index (κ2) is 9.33. The maximum Gasteiger partial charge on any atom is 0.312 e. The first-order valence-electron chi connectivity index (χ1n) is 7.49. The molecule has 1 saturated carbocycles. The van der Waals surface area contributed by atoms with Crippen LogP contribution in [0.2, 0.25) is 0 Å². The van der Waals surface area contributed by atoms with E-state index in [4.69, 9.17) is 11.5 Å². The number of Topliss-reactive ketones (excluding diaryl/α,β-unsaturated/α-hetero) is 1. The molecule has 0 aliphatic heterocycles. The van der Waals surface area contributed by atoms with Crippen molar-refractivity contribution in [2.75, 3.05) is 6.54 Å². The van der Waals surface area contributed by atoms with E-state index in [1.54, 1.807) is 0 Å². The van der Waals surface area contributed by atoms with Crippen molar-refractivity contribution in [2.45, 2.75) is 64.5 Å². The molecule has 0 saturated heterocycles. The molecular formula is C14H28N4O3. The van der Waals surface area contributed by atoms with Gasteiger partial charge in [-0.15, -0.1) is 0 Å². The molecule has 0 aromatic carbocycles. The monoisotopic (exact) mass is 300 g/mol. The molecule has 1 rings (SSSR count). The van der Waals surface area contributed by atoms with E-state index in [-0.39, 0.29) is 11.7 Å².